The lowest BCUT2D eigenvalue weighted by atomic mass is 10.2. The number of carbonyl (C=O) groups is 1. The van der Waals surface area contributed by atoms with E-state index in [-0.39, 0.29) is 12.7 Å². The second-order valence-corrected chi connectivity index (χ2v) is 4.65. The van der Waals surface area contributed by atoms with Crippen LogP contribution >= 0.6 is 15.9 Å². The smallest absolute Gasteiger partial charge is 0.339 e. The third-order valence-corrected chi connectivity index (χ3v) is 2.67. The van der Waals surface area contributed by atoms with Crippen molar-refractivity contribution >= 4 is 27.6 Å². The number of esters is 1. The van der Waals surface area contributed by atoms with Gasteiger partial charge < -0.3 is 15.2 Å². The first kappa shape index (κ1) is 14.0. The predicted octanol–water partition coefficient (Wildman–Crippen LogP) is 2.61. The van der Waals surface area contributed by atoms with Crippen LogP contribution in [0.25, 0.3) is 0 Å². The molecule has 17 heavy (non-hydrogen) atoms. The molecule has 94 valence electrons. The lowest BCUT2D eigenvalue weighted by molar-refractivity contribution is 0.0176. The molecule has 1 aromatic rings. The zero-order valence-corrected chi connectivity index (χ0v) is 11.5. The van der Waals surface area contributed by atoms with Crippen LogP contribution in [-0.4, -0.2) is 25.3 Å². The molecule has 0 saturated heterocycles. The van der Waals surface area contributed by atoms with Gasteiger partial charge in [-0.25, -0.2) is 4.79 Å². The van der Waals surface area contributed by atoms with Crippen LogP contribution in [0, 0.1) is 0 Å². The van der Waals surface area contributed by atoms with E-state index in [1.54, 1.807) is 18.2 Å². The quantitative estimate of drug-likeness (QED) is 0.516. The SMILES string of the molecule is CC(C)OCCOC(=O)c1cc(N)ccc1Br. The second kappa shape index (κ2) is 6.61. The Balaban J connectivity index is 2.49. The van der Waals surface area contributed by atoms with E-state index in [1.165, 1.54) is 0 Å². The largest absolute Gasteiger partial charge is 0.460 e. The molecule has 0 spiro atoms. The Kier molecular flexibility index (Phi) is 5.44. The van der Waals surface area contributed by atoms with Crippen molar-refractivity contribution in [2.75, 3.05) is 18.9 Å². The van der Waals surface area contributed by atoms with E-state index in [4.69, 9.17) is 15.2 Å². The summed E-state index contributed by atoms with van der Waals surface area (Å²) >= 11 is 3.28. The molecule has 0 aliphatic rings. The van der Waals surface area contributed by atoms with Gasteiger partial charge in [-0.1, -0.05) is 0 Å². The van der Waals surface area contributed by atoms with Gasteiger partial charge in [-0.05, 0) is 48.0 Å². The minimum Gasteiger partial charge on any atom is -0.460 e. The van der Waals surface area contributed by atoms with E-state index in [2.05, 4.69) is 15.9 Å². The molecular formula is C12H16BrNO3. The lowest BCUT2D eigenvalue weighted by Gasteiger charge is -2.09. The molecule has 0 atom stereocenters. The Hall–Kier alpha value is -1.07. The summed E-state index contributed by atoms with van der Waals surface area (Å²) in [7, 11) is 0. The van der Waals surface area contributed by atoms with Crippen molar-refractivity contribution in [2.24, 2.45) is 0 Å². The number of rotatable bonds is 5. The van der Waals surface area contributed by atoms with Gasteiger partial charge in [-0.3, -0.25) is 0 Å². The van der Waals surface area contributed by atoms with Gasteiger partial charge >= 0.3 is 5.97 Å². The van der Waals surface area contributed by atoms with E-state index in [0.29, 0.717) is 22.3 Å². The van der Waals surface area contributed by atoms with Gasteiger partial charge in [0.25, 0.3) is 0 Å². The molecule has 0 saturated carbocycles. The molecule has 0 aromatic heterocycles. The molecule has 0 aliphatic heterocycles. The maximum absolute atomic E-state index is 11.7. The summed E-state index contributed by atoms with van der Waals surface area (Å²) in [6, 6.07) is 5.01. The summed E-state index contributed by atoms with van der Waals surface area (Å²) in [4.78, 5) is 11.7. The summed E-state index contributed by atoms with van der Waals surface area (Å²) in [5.41, 5.74) is 6.56. The maximum atomic E-state index is 11.7. The molecule has 0 unspecified atom stereocenters. The zero-order valence-electron chi connectivity index (χ0n) is 9.90. The second-order valence-electron chi connectivity index (χ2n) is 3.79. The zero-order chi connectivity index (χ0) is 12.8. The summed E-state index contributed by atoms with van der Waals surface area (Å²) in [5.74, 6) is -0.406. The number of carbonyl (C=O) groups excluding carboxylic acids is 1. The molecule has 0 radical (unpaired) electrons. The summed E-state index contributed by atoms with van der Waals surface area (Å²) in [5, 5.41) is 0. The van der Waals surface area contributed by atoms with E-state index < -0.39 is 5.97 Å². The van der Waals surface area contributed by atoms with Crippen molar-refractivity contribution in [2.45, 2.75) is 20.0 Å². The lowest BCUT2D eigenvalue weighted by Crippen LogP contribution is -2.14. The highest BCUT2D eigenvalue weighted by molar-refractivity contribution is 9.10. The summed E-state index contributed by atoms with van der Waals surface area (Å²) in [6.07, 6.45) is 0.132. The van der Waals surface area contributed by atoms with E-state index >= 15 is 0 Å². The third kappa shape index (κ3) is 4.75. The minimum absolute atomic E-state index is 0.132. The Morgan fingerprint density at radius 1 is 1.41 bits per heavy atom. The molecule has 5 heteroatoms. The van der Waals surface area contributed by atoms with Crippen LogP contribution < -0.4 is 5.73 Å². The number of hydrogen-bond acceptors (Lipinski definition) is 4. The first-order chi connectivity index (χ1) is 8.00. The Bertz CT molecular complexity index is 393. The van der Waals surface area contributed by atoms with E-state index in [1.807, 2.05) is 13.8 Å². The van der Waals surface area contributed by atoms with Crippen LogP contribution in [0.15, 0.2) is 22.7 Å². The molecule has 2 N–H and O–H groups in total. The van der Waals surface area contributed by atoms with Crippen LogP contribution in [0.3, 0.4) is 0 Å². The van der Waals surface area contributed by atoms with E-state index in [9.17, 15) is 4.79 Å². The molecule has 1 rings (SSSR count). The number of hydrogen-bond donors (Lipinski definition) is 1. The number of ether oxygens (including phenoxy) is 2. The first-order valence-electron chi connectivity index (χ1n) is 5.34. The maximum Gasteiger partial charge on any atom is 0.339 e. The minimum atomic E-state index is -0.406. The van der Waals surface area contributed by atoms with Crippen LogP contribution in [0.1, 0.15) is 24.2 Å². The van der Waals surface area contributed by atoms with Crippen molar-refractivity contribution < 1.29 is 14.3 Å². The molecule has 0 bridgehead atoms. The molecule has 4 nitrogen and oxygen atoms in total. The van der Waals surface area contributed by atoms with Gasteiger partial charge in [0.15, 0.2) is 0 Å². The summed E-state index contributed by atoms with van der Waals surface area (Å²) in [6.45, 7) is 4.48. The van der Waals surface area contributed by atoms with Gasteiger partial charge in [0.1, 0.15) is 6.61 Å². The highest BCUT2D eigenvalue weighted by Crippen LogP contribution is 2.20. The van der Waals surface area contributed by atoms with Crippen LogP contribution in [0.4, 0.5) is 5.69 Å². The molecule has 0 aliphatic carbocycles. The fraction of sp³-hybridized carbons (Fsp3) is 0.417. The van der Waals surface area contributed by atoms with Crippen LogP contribution in [0.5, 0.6) is 0 Å². The highest BCUT2D eigenvalue weighted by Gasteiger charge is 2.11. The molecule has 0 fully saturated rings. The van der Waals surface area contributed by atoms with Crippen molar-refractivity contribution in [1.82, 2.24) is 0 Å². The Morgan fingerprint density at radius 3 is 2.76 bits per heavy atom. The molecule has 0 amide bonds. The molecule has 1 aromatic carbocycles. The Labute approximate surface area is 109 Å². The topological polar surface area (TPSA) is 61.5 Å². The first-order valence-corrected chi connectivity index (χ1v) is 6.13. The number of anilines is 1. The average Bonchev–Trinajstić information content (AvgIpc) is 2.27. The number of benzene rings is 1. The number of nitrogen functional groups attached to an aromatic ring is 1. The standard InChI is InChI=1S/C12H16BrNO3/c1-8(2)16-5-6-17-12(15)10-7-9(14)3-4-11(10)13/h3-4,7-8H,5-6,14H2,1-2H3. The molecule has 0 heterocycles. The van der Waals surface area contributed by atoms with Gasteiger partial charge in [-0.2, -0.15) is 0 Å². The van der Waals surface area contributed by atoms with Crippen molar-refractivity contribution in [1.29, 1.82) is 0 Å². The fourth-order valence-corrected chi connectivity index (χ4v) is 1.60. The Morgan fingerprint density at radius 2 is 2.12 bits per heavy atom. The monoisotopic (exact) mass is 301 g/mol. The number of halogens is 1. The van der Waals surface area contributed by atoms with Gasteiger partial charge in [0.2, 0.25) is 0 Å². The van der Waals surface area contributed by atoms with E-state index in [0.717, 1.165) is 0 Å². The van der Waals surface area contributed by atoms with Crippen molar-refractivity contribution in [3.63, 3.8) is 0 Å². The van der Waals surface area contributed by atoms with Gasteiger partial charge in [0.05, 0.1) is 18.3 Å². The van der Waals surface area contributed by atoms with Gasteiger partial charge in [0, 0.05) is 10.2 Å². The number of nitrogens with two attached hydrogens (primary N) is 1. The van der Waals surface area contributed by atoms with Gasteiger partial charge in [-0.15, -0.1) is 0 Å². The summed E-state index contributed by atoms with van der Waals surface area (Å²) < 4.78 is 11.0. The van der Waals surface area contributed by atoms with Crippen molar-refractivity contribution in [3.05, 3.63) is 28.2 Å². The molecular weight excluding hydrogens is 286 g/mol. The fourth-order valence-electron chi connectivity index (χ4n) is 1.20. The predicted molar refractivity (Wildman–Crippen MR) is 69.9 cm³/mol. The highest BCUT2D eigenvalue weighted by atomic mass is 79.9. The van der Waals surface area contributed by atoms with Crippen LogP contribution in [-0.2, 0) is 9.47 Å². The third-order valence-electron chi connectivity index (χ3n) is 1.98. The van der Waals surface area contributed by atoms with Crippen LogP contribution in [0.2, 0.25) is 0 Å². The average molecular weight is 302 g/mol. The van der Waals surface area contributed by atoms with Crippen molar-refractivity contribution in [3.8, 4) is 0 Å². The normalized spacial score (nSPS) is 10.6.